The van der Waals surface area contributed by atoms with Gasteiger partial charge >= 0.3 is 12.1 Å². The number of halogens is 1. The van der Waals surface area contributed by atoms with Crippen LogP contribution < -0.4 is 20.7 Å². The molecular weight excluding hydrogens is 944 g/mol. The summed E-state index contributed by atoms with van der Waals surface area (Å²) in [5.41, 5.74) is -0.872. The second kappa shape index (κ2) is 25.8. The molecule has 0 bridgehead atoms. The number of hydrogen-bond donors (Lipinski definition) is 3. The van der Waals surface area contributed by atoms with Gasteiger partial charge in [0.2, 0.25) is 23.6 Å². The van der Waals surface area contributed by atoms with Crippen molar-refractivity contribution >= 4 is 46.6 Å². The number of aromatic nitrogens is 3. The standard InChI is InChI=1S/C53H73FN8O11/c1-12-69-25-23-40(61(10)50(67)41(26-32(2)3)62(11)51(68)72-53(7,8)9)48(65)57-36(27-33-16-14-13-15-17-33)31-70-42-21-20-38-37(28-35(54)30-56-38)45(42)49(66)58-39(29-44(63)71-52(4,5)6)47(64)55-24-22-43-59-46(60-73-43)34-18-19-34/h13-17,20-21,28,30,32,34,36,39-41H,12,18-19,22-27,29,31H2,1-11H3,(H,55,64)(H,57,65)(H,58,66)/t36-,39+,40?,41+/m1/s1. The number of rotatable bonds is 25. The summed E-state index contributed by atoms with van der Waals surface area (Å²) < 4.78 is 43.6. The minimum Gasteiger partial charge on any atom is -0.491 e. The summed E-state index contributed by atoms with van der Waals surface area (Å²) in [4.78, 5) is 95.3. The Morgan fingerprint density at radius 1 is 0.890 bits per heavy atom. The van der Waals surface area contributed by atoms with Crippen LogP contribution in [-0.4, -0.2) is 136 Å². The van der Waals surface area contributed by atoms with E-state index in [2.05, 4.69) is 31.1 Å². The topological polar surface area (TPSA) is 234 Å². The highest BCUT2D eigenvalue weighted by atomic mass is 19.1. The van der Waals surface area contributed by atoms with Crippen LogP contribution in [0.5, 0.6) is 5.75 Å². The first kappa shape index (κ1) is 57.2. The van der Waals surface area contributed by atoms with E-state index in [9.17, 15) is 28.8 Å². The Kier molecular flexibility index (Phi) is 20.2. The summed E-state index contributed by atoms with van der Waals surface area (Å²) in [5, 5.41) is 12.5. The van der Waals surface area contributed by atoms with E-state index in [1.54, 1.807) is 41.5 Å². The Morgan fingerprint density at radius 2 is 1.59 bits per heavy atom. The molecular formula is C53H73FN8O11. The first-order valence-electron chi connectivity index (χ1n) is 24.9. The molecule has 1 fully saturated rings. The van der Waals surface area contributed by atoms with Crippen LogP contribution in [0.1, 0.15) is 128 Å². The molecule has 0 spiro atoms. The van der Waals surface area contributed by atoms with Gasteiger partial charge in [0.05, 0.1) is 29.7 Å². The van der Waals surface area contributed by atoms with Crippen LogP contribution in [-0.2, 0) is 46.2 Å². The zero-order valence-corrected chi connectivity index (χ0v) is 44.0. The number of amides is 5. The number of fused-ring (bicyclic) bond motifs is 1. The third kappa shape index (κ3) is 17.8. The van der Waals surface area contributed by atoms with Crippen LogP contribution in [0.3, 0.4) is 0 Å². The van der Waals surface area contributed by atoms with Gasteiger partial charge in [-0.05, 0) is 104 Å². The number of pyridine rings is 1. The summed E-state index contributed by atoms with van der Waals surface area (Å²) in [6.45, 7) is 16.2. The fourth-order valence-electron chi connectivity index (χ4n) is 7.89. The van der Waals surface area contributed by atoms with Gasteiger partial charge in [0, 0.05) is 58.0 Å². The van der Waals surface area contributed by atoms with E-state index < -0.39 is 83.3 Å². The van der Waals surface area contributed by atoms with E-state index in [-0.39, 0.29) is 73.1 Å². The summed E-state index contributed by atoms with van der Waals surface area (Å²) in [7, 11) is 3.01. The van der Waals surface area contributed by atoms with Gasteiger partial charge in [0.1, 0.15) is 47.5 Å². The Morgan fingerprint density at radius 3 is 2.23 bits per heavy atom. The largest absolute Gasteiger partial charge is 0.491 e. The van der Waals surface area contributed by atoms with Gasteiger partial charge in [-0.15, -0.1) is 0 Å². The number of benzene rings is 2. The van der Waals surface area contributed by atoms with Gasteiger partial charge in [-0.3, -0.25) is 33.9 Å². The van der Waals surface area contributed by atoms with Crippen molar-refractivity contribution in [3.05, 3.63) is 83.4 Å². The number of hydrogen-bond acceptors (Lipinski definition) is 14. The number of nitrogens with one attached hydrogen (secondary N) is 3. The highest BCUT2D eigenvalue weighted by Gasteiger charge is 2.38. The summed E-state index contributed by atoms with van der Waals surface area (Å²) in [5.74, 6) is -3.00. The molecule has 2 aromatic carbocycles. The molecule has 1 aliphatic carbocycles. The lowest BCUT2D eigenvalue weighted by Gasteiger charge is -2.36. The Labute approximate surface area is 427 Å². The lowest BCUT2D eigenvalue weighted by Crippen LogP contribution is -2.57. The number of nitrogens with zero attached hydrogens (tertiary/aromatic N) is 5. The molecule has 398 valence electrons. The fourth-order valence-corrected chi connectivity index (χ4v) is 7.89. The Balaban J connectivity index is 1.44. The van der Waals surface area contributed by atoms with Crippen LogP contribution in [0.15, 0.2) is 59.3 Å². The van der Waals surface area contributed by atoms with Gasteiger partial charge in [-0.1, -0.05) is 49.3 Å². The smallest absolute Gasteiger partial charge is 0.410 e. The van der Waals surface area contributed by atoms with E-state index in [1.165, 1.54) is 36.0 Å². The van der Waals surface area contributed by atoms with Crippen molar-refractivity contribution in [2.24, 2.45) is 5.92 Å². The molecule has 4 aromatic rings. The van der Waals surface area contributed by atoms with E-state index in [1.807, 2.05) is 51.1 Å². The van der Waals surface area contributed by atoms with Crippen molar-refractivity contribution in [2.75, 3.05) is 40.5 Å². The molecule has 4 atom stereocenters. The molecule has 2 aromatic heterocycles. The van der Waals surface area contributed by atoms with Gasteiger partial charge in [0.15, 0.2) is 5.82 Å². The monoisotopic (exact) mass is 1020 g/mol. The molecule has 0 aliphatic heterocycles. The van der Waals surface area contributed by atoms with E-state index in [4.69, 9.17) is 23.5 Å². The second-order valence-electron chi connectivity index (χ2n) is 20.7. The van der Waals surface area contributed by atoms with Gasteiger partial charge in [-0.2, -0.15) is 4.98 Å². The molecule has 0 radical (unpaired) electrons. The number of carbonyl (C=O) groups is 6. The highest BCUT2D eigenvalue weighted by molar-refractivity contribution is 6.10. The lowest BCUT2D eigenvalue weighted by atomic mass is 10.00. The molecule has 1 aliphatic rings. The number of carbonyl (C=O) groups excluding carboxylic acids is 6. The van der Waals surface area contributed by atoms with Crippen molar-refractivity contribution in [1.29, 1.82) is 0 Å². The van der Waals surface area contributed by atoms with Crippen molar-refractivity contribution in [3.8, 4) is 5.75 Å². The molecule has 3 N–H and O–H groups in total. The molecule has 5 amide bonds. The third-order valence-corrected chi connectivity index (χ3v) is 11.6. The third-order valence-electron chi connectivity index (χ3n) is 11.6. The number of likely N-dealkylation sites (N-methyl/N-ethyl adjacent to an activating group) is 2. The van der Waals surface area contributed by atoms with Gasteiger partial charge in [-0.25, -0.2) is 9.18 Å². The van der Waals surface area contributed by atoms with Crippen LogP contribution in [0.25, 0.3) is 10.9 Å². The van der Waals surface area contributed by atoms with Crippen LogP contribution in [0.2, 0.25) is 0 Å². The lowest BCUT2D eigenvalue weighted by molar-refractivity contribution is -0.156. The normalized spacial score (nSPS) is 14.4. The Hall–Kier alpha value is -6.70. The Bertz CT molecular complexity index is 2520. The molecule has 2 heterocycles. The summed E-state index contributed by atoms with van der Waals surface area (Å²) in [6, 6.07) is 9.09. The zero-order valence-electron chi connectivity index (χ0n) is 44.0. The molecule has 1 saturated carbocycles. The zero-order chi connectivity index (χ0) is 53.6. The quantitative estimate of drug-likeness (QED) is 0.0478. The average molecular weight is 1020 g/mol. The maximum atomic E-state index is 15.0. The predicted octanol–water partition coefficient (Wildman–Crippen LogP) is 6.46. The van der Waals surface area contributed by atoms with Crippen molar-refractivity contribution in [3.63, 3.8) is 0 Å². The van der Waals surface area contributed by atoms with E-state index in [0.717, 1.165) is 30.7 Å². The van der Waals surface area contributed by atoms with Crippen LogP contribution in [0.4, 0.5) is 9.18 Å². The summed E-state index contributed by atoms with van der Waals surface area (Å²) >= 11 is 0. The first-order valence-corrected chi connectivity index (χ1v) is 24.9. The van der Waals surface area contributed by atoms with Crippen molar-refractivity contribution in [1.82, 2.24) is 40.9 Å². The molecule has 20 heteroatoms. The van der Waals surface area contributed by atoms with Crippen LogP contribution >= 0.6 is 0 Å². The molecule has 19 nitrogen and oxygen atoms in total. The van der Waals surface area contributed by atoms with E-state index >= 15 is 4.39 Å². The van der Waals surface area contributed by atoms with E-state index in [0.29, 0.717) is 24.7 Å². The number of ether oxygens (including phenoxy) is 4. The minimum absolute atomic E-state index is 0.00799. The molecule has 73 heavy (non-hydrogen) atoms. The first-order chi connectivity index (χ1) is 34.4. The van der Waals surface area contributed by atoms with Crippen molar-refractivity contribution in [2.45, 2.75) is 149 Å². The average Bonchev–Trinajstić information content (AvgIpc) is 4.06. The second-order valence-corrected chi connectivity index (χ2v) is 20.7. The minimum atomic E-state index is -1.47. The molecule has 1 unspecified atom stereocenters. The molecule has 0 saturated heterocycles. The molecule has 5 rings (SSSR count). The summed E-state index contributed by atoms with van der Waals surface area (Å²) in [6.07, 6.45) is 2.53. The van der Waals surface area contributed by atoms with Gasteiger partial charge in [0.25, 0.3) is 5.91 Å². The van der Waals surface area contributed by atoms with Crippen molar-refractivity contribution < 1.29 is 56.6 Å². The van der Waals surface area contributed by atoms with Gasteiger partial charge < -0.3 is 44.3 Å². The maximum Gasteiger partial charge on any atom is 0.410 e. The maximum absolute atomic E-state index is 15.0. The predicted molar refractivity (Wildman–Crippen MR) is 269 cm³/mol. The fraction of sp³-hybridized carbons (Fsp3) is 0.566. The SMILES string of the molecule is CCOCCC(C(=O)N[C@@H](COc1ccc2ncc(F)cc2c1C(=O)N[C@@H](CC(=O)OC(C)(C)C)C(=O)NCCc1nc(C2CC2)no1)Cc1ccccc1)N(C)C(=O)[C@H](CC(C)C)N(C)C(=O)OC(C)(C)C. The van der Waals surface area contributed by atoms with Crippen LogP contribution in [0, 0.1) is 11.7 Å². The highest BCUT2D eigenvalue weighted by Crippen LogP contribution is 2.38. The number of esters is 1.